The largest absolute Gasteiger partial charge is 0.478 e. The van der Waals surface area contributed by atoms with E-state index in [9.17, 15) is 14.4 Å². The standard InChI is InChI=1S/C26H27N5O8/c1-16(15-36-2)38-22-11-19(24(32)29-20-5-3-18(14-27-20)26(34)35)12-23(30-22)39-21-6-4-17(13-28-21)25(33)31-7-9-37-10-8-31/h3-6,11-14,16H,7-10,15H2,1-2H3,(H,34,35)(H,27,29,32)/t16-/m1/s1. The van der Waals surface area contributed by atoms with E-state index in [-0.39, 0.29) is 53.2 Å². The molecule has 1 atom stereocenters. The third-order valence-electron chi connectivity index (χ3n) is 5.51. The van der Waals surface area contributed by atoms with Gasteiger partial charge < -0.3 is 34.3 Å². The molecule has 2 N–H and O–H groups in total. The Bertz CT molecular complexity index is 1310. The second kappa shape index (κ2) is 12.8. The quantitative estimate of drug-likeness (QED) is 0.391. The van der Waals surface area contributed by atoms with Crippen LogP contribution in [0.1, 0.15) is 38.0 Å². The predicted octanol–water partition coefficient (Wildman–Crippen LogP) is 2.50. The van der Waals surface area contributed by atoms with Crippen molar-refractivity contribution in [2.24, 2.45) is 0 Å². The van der Waals surface area contributed by atoms with Crippen molar-refractivity contribution in [1.29, 1.82) is 0 Å². The fraction of sp³-hybridized carbons (Fsp3) is 0.308. The summed E-state index contributed by atoms with van der Waals surface area (Å²) in [4.78, 5) is 50.8. The van der Waals surface area contributed by atoms with Crippen LogP contribution in [0, 0.1) is 0 Å². The lowest BCUT2D eigenvalue weighted by atomic mass is 10.2. The molecule has 1 aliphatic heterocycles. The molecule has 0 bridgehead atoms. The first-order valence-corrected chi connectivity index (χ1v) is 12.0. The van der Waals surface area contributed by atoms with Gasteiger partial charge in [-0.05, 0) is 25.1 Å². The maximum absolute atomic E-state index is 13.0. The van der Waals surface area contributed by atoms with Gasteiger partial charge in [0.15, 0.2) is 0 Å². The van der Waals surface area contributed by atoms with Crippen LogP contribution in [0.5, 0.6) is 17.6 Å². The lowest BCUT2D eigenvalue weighted by Gasteiger charge is -2.26. The number of hydrogen-bond donors (Lipinski definition) is 2. The second-order valence-electron chi connectivity index (χ2n) is 8.50. The van der Waals surface area contributed by atoms with Gasteiger partial charge in [0.25, 0.3) is 11.8 Å². The summed E-state index contributed by atoms with van der Waals surface area (Å²) in [5.74, 6) is -1.40. The number of aromatic carboxylic acids is 1. The molecule has 4 rings (SSSR count). The molecule has 0 aromatic carbocycles. The first-order chi connectivity index (χ1) is 18.8. The van der Waals surface area contributed by atoms with E-state index in [1.807, 2.05) is 0 Å². The molecule has 0 spiro atoms. The van der Waals surface area contributed by atoms with E-state index in [2.05, 4.69) is 20.3 Å². The van der Waals surface area contributed by atoms with Crippen molar-refractivity contribution in [3.8, 4) is 17.6 Å². The summed E-state index contributed by atoms with van der Waals surface area (Å²) in [6, 6.07) is 8.65. The van der Waals surface area contributed by atoms with E-state index < -0.39 is 11.9 Å². The van der Waals surface area contributed by atoms with Crippen molar-refractivity contribution >= 4 is 23.6 Å². The van der Waals surface area contributed by atoms with Crippen LogP contribution in [0.4, 0.5) is 5.82 Å². The van der Waals surface area contributed by atoms with Crippen molar-refractivity contribution in [3.05, 3.63) is 65.5 Å². The first kappa shape index (κ1) is 27.4. The van der Waals surface area contributed by atoms with E-state index in [0.29, 0.717) is 31.9 Å². The normalized spacial score (nSPS) is 13.8. The monoisotopic (exact) mass is 537 g/mol. The molecule has 1 aliphatic rings. The molecule has 204 valence electrons. The maximum Gasteiger partial charge on any atom is 0.337 e. The van der Waals surface area contributed by atoms with Gasteiger partial charge in [0.1, 0.15) is 11.9 Å². The molecule has 39 heavy (non-hydrogen) atoms. The van der Waals surface area contributed by atoms with Crippen LogP contribution >= 0.6 is 0 Å². The zero-order chi connectivity index (χ0) is 27.8. The van der Waals surface area contributed by atoms with Crippen LogP contribution in [-0.4, -0.2) is 88.9 Å². The summed E-state index contributed by atoms with van der Waals surface area (Å²) < 4.78 is 21.9. The Morgan fingerprint density at radius 1 is 1.00 bits per heavy atom. The van der Waals surface area contributed by atoms with Gasteiger partial charge >= 0.3 is 5.97 Å². The highest BCUT2D eigenvalue weighted by Gasteiger charge is 2.20. The number of carbonyl (C=O) groups excluding carboxylic acids is 2. The van der Waals surface area contributed by atoms with Crippen LogP contribution in [0.2, 0.25) is 0 Å². The van der Waals surface area contributed by atoms with E-state index in [1.54, 1.807) is 17.9 Å². The number of hydrogen-bond acceptors (Lipinski definition) is 10. The van der Waals surface area contributed by atoms with Gasteiger partial charge in [-0.25, -0.2) is 14.8 Å². The second-order valence-corrected chi connectivity index (χ2v) is 8.50. The number of pyridine rings is 3. The number of nitrogens with zero attached hydrogens (tertiary/aromatic N) is 4. The molecule has 0 aliphatic carbocycles. The molecule has 0 radical (unpaired) electrons. The number of carboxylic acids is 1. The third-order valence-corrected chi connectivity index (χ3v) is 5.51. The molecular weight excluding hydrogens is 510 g/mol. The molecule has 2 amide bonds. The van der Waals surface area contributed by atoms with Crippen molar-refractivity contribution in [2.75, 3.05) is 45.3 Å². The van der Waals surface area contributed by atoms with Gasteiger partial charge in [-0.3, -0.25) is 9.59 Å². The smallest absolute Gasteiger partial charge is 0.337 e. The maximum atomic E-state index is 13.0. The summed E-state index contributed by atoms with van der Waals surface area (Å²) in [6.07, 6.45) is 2.18. The Hall–Kier alpha value is -4.62. The molecule has 4 heterocycles. The number of aromatic nitrogens is 3. The molecule has 1 fully saturated rings. The highest BCUT2D eigenvalue weighted by molar-refractivity contribution is 6.04. The first-order valence-electron chi connectivity index (χ1n) is 12.0. The van der Waals surface area contributed by atoms with Gasteiger partial charge in [0.2, 0.25) is 17.6 Å². The van der Waals surface area contributed by atoms with Crippen LogP contribution in [0.25, 0.3) is 0 Å². The summed E-state index contributed by atoms with van der Waals surface area (Å²) in [5, 5.41) is 11.6. The number of nitrogens with one attached hydrogen (secondary N) is 1. The molecule has 3 aromatic heterocycles. The molecule has 0 unspecified atom stereocenters. The van der Waals surface area contributed by atoms with Crippen LogP contribution < -0.4 is 14.8 Å². The molecule has 13 heteroatoms. The average molecular weight is 538 g/mol. The van der Waals surface area contributed by atoms with Gasteiger partial charge in [0, 0.05) is 50.8 Å². The number of carboxylic acid groups (broad SMARTS) is 1. The van der Waals surface area contributed by atoms with Crippen molar-refractivity contribution in [3.63, 3.8) is 0 Å². The topological polar surface area (TPSA) is 162 Å². The van der Waals surface area contributed by atoms with E-state index in [4.69, 9.17) is 24.1 Å². The highest BCUT2D eigenvalue weighted by Crippen LogP contribution is 2.24. The van der Waals surface area contributed by atoms with Crippen LogP contribution in [0.15, 0.2) is 48.8 Å². The number of carbonyl (C=O) groups is 3. The van der Waals surface area contributed by atoms with Crippen LogP contribution in [0.3, 0.4) is 0 Å². The van der Waals surface area contributed by atoms with Gasteiger partial charge in [-0.1, -0.05) is 0 Å². The van der Waals surface area contributed by atoms with Gasteiger partial charge in [0.05, 0.1) is 36.5 Å². The van der Waals surface area contributed by atoms with Crippen LogP contribution in [-0.2, 0) is 9.47 Å². The van der Waals surface area contributed by atoms with E-state index in [1.165, 1.54) is 43.6 Å². The Morgan fingerprint density at radius 3 is 2.36 bits per heavy atom. The zero-order valence-corrected chi connectivity index (χ0v) is 21.3. The minimum absolute atomic E-state index is 0.0134. The van der Waals surface area contributed by atoms with E-state index in [0.717, 1.165) is 6.20 Å². The predicted molar refractivity (Wildman–Crippen MR) is 136 cm³/mol. The number of rotatable bonds is 10. The summed E-state index contributed by atoms with van der Waals surface area (Å²) in [7, 11) is 1.54. The van der Waals surface area contributed by atoms with Gasteiger partial charge in [-0.2, -0.15) is 4.98 Å². The number of ether oxygens (including phenoxy) is 4. The van der Waals surface area contributed by atoms with Crippen molar-refractivity contribution in [1.82, 2.24) is 19.9 Å². The average Bonchev–Trinajstić information content (AvgIpc) is 2.94. The Balaban J connectivity index is 1.52. The molecular formula is C26H27N5O8. The lowest BCUT2D eigenvalue weighted by Crippen LogP contribution is -2.40. The Morgan fingerprint density at radius 2 is 1.72 bits per heavy atom. The molecule has 1 saturated heterocycles. The van der Waals surface area contributed by atoms with E-state index >= 15 is 0 Å². The minimum Gasteiger partial charge on any atom is -0.478 e. The highest BCUT2D eigenvalue weighted by atomic mass is 16.5. The number of amides is 2. The summed E-state index contributed by atoms with van der Waals surface area (Å²) in [5.41, 5.74) is 0.535. The number of methoxy groups -OCH3 is 1. The fourth-order valence-electron chi connectivity index (χ4n) is 3.61. The summed E-state index contributed by atoms with van der Waals surface area (Å²) >= 11 is 0. The Kier molecular flexibility index (Phi) is 8.97. The van der Waals surface area contributed by atoms with Gasteiger partial charge in [-0.15, -0.1) is 0 Å². The number of anilines is 1. The number of morpholine rings is 1. The molecule has 13 nitrogen and oxygen atoms in total. The molecule has 3 aromatic rings. The van der Waals surface area contributed by atoms with Crippen molar-refractivity contribution in [2.45, 2.75) is 13.0 Å². The fourth-order valence-corrected chi connectivity index (χ4v) is 3.61. The SMILES string of the molecule is COC[C@@H](C)Oc1cc(C(=O)Nc2ccc(C(=O)O)cn2)cc(Oc2ccc(C(=O)N3CCOCC3)cn2)n1. The Labute approximate surface area is 223 Å². The zero-order valence-electron chi connectivity index (χ0n) is 21.3. The third kappa shape index (κ3) is 7.46. The molecule has 0 saturated carbocycles. The minimum atomic E-state index is -1.13. The van der Waals surface area contributed by atoms with Crippen molar-refractivity contribution < 1.29 is 38.4 Å². The lowest BCUT2D eigenvalue weighted by molar-refractivity contribution is 0.0302. The summed E-state index contributed by atoms with van der Waals surface area (Å²) in [6.45, 7) is 4.07.